The zero-order valence-electron chi connectivity index (χ0n) is 10.9. The van der Waals surface area contributed by atoms with Gasteiger partial charge in [-0.2, -0.15) is 0 Å². The molecule has 1 heterocycles. The molecule has 92 valence electrons. The maximum atomic E-state index is 4.12. The Morgan fingerprint density at radius 2 is 1.94 bits per heavy atom. The van der Waals surface area contributed by atoms with Gasteiger partial charge in [0.2, 0.25) is 0 Å². The van der Waals surface area contributed by atoms with Gasteiger partial charge in [-0.1, -0.05) is 27.7 Å². The molecule has 2 unspecified atom stereocenters. The fraction of sp³-hybridized carbons (Fsp3) is 0.769. The van der Waals surface area contributed by atoms with Crippen LogP contribution in [-0.4, -0.2) is 18.1 Å². The molecule has 0 bridgehead atoms. The summed E-state index contributed by atoms with van der Waals surface area (Å²) in [6, 6.07) is 0. The standard InChI is InChI=1S/C13H24N2S/c1-10(2)6-14-7-12(4)11(3)5-13-8-15-9-16-13/h8-12,14H,5-7H2,1-4H3. The van der Waals surface area contributed by atoms with Gasteiger partial charge in [-0.25, -0.2) is 0 Å². The third-order valence-electron chi connectivity index (χ3n) is 3.00. The van der Waals surface area contributed by atoms with E-state index in [2.05, 4.69) is 38.0 Å². The van der Waals surface area contributed by atoms with Crippen molar-refractivity contribution in [2.75, 3.05) is 13.1 Å². The summed E-state index contributed by atoms with van der Waals surface area (Å²) in [4.78, 5) is 5.53. The Kier molecular flexibility index (Phi) is 5.99. The van der Waals surface area contributed by atoms with Crippen LogP contribution in [0.1, 0.15) is 32.6 Å². The van der Waals surface area contributed by atoms with E-state index in [9.17, 15) is 0 Å². The molecule has 2 atom stereocenters. The van der Waals surface area contributed by atoms with Gasteiger partial charge in [0.25, 0.3) is 0 Å². The summed E-state index contributed by atoms with van der Waals surface area (Å²) >= 11 is 1.77. The first-order valence-corrected chi connectivity index (χ1v) is 7.05. The van der Waals surface area contributed by atoms with Gasteiger partial charge in [0, 0.05) is 11.1 Å². The highest BCUT2D eigenvalue weighted by atomic mass is 32.1. The lowest BCUT2D eigenvalue weighted by atomic mass is 9.92. The number of nitrogens with one attached hydrogen (secondary N) is 1. The lowest BCUT2D eigenvalue weighted by molar-refractivity contribution is 0.359. The summed E-state index contributed by atoms with van der Waals surface area (Å²) in [7, 11) is 0. The zero-order chi connectivity index (χ0) is 12.0. The third kappa shape index (κ3) is 5.08. The smallest absolute Gasteiger partial charge is 0.0794 e. The molecule has 0 fully saturated rings. The summed E-state index contributed by atoms with van der Waals surface area (Å²) in [6.07, 6.45) is 3.16. The van der Waals surface area contributed by atoms with Crippen LogP contribution in [0.3, 0.4) is 0 Å². The van der Waals surface area contributed by atoms with E-state index < -0.39 is 0 Å². The van der Waals surface area contributed by atoms with E-state index in [4.69, 9.17) is 0 Å². The summed E-state index contributed by atoms with van der Waals surface area (Å²) in [5.74, 6) is 2.19. The van der Waals surface area contributed by atoms with Crippen LogP contribution in [-0.2, 0) is 6.42 Å². The van der Waals surface area contributed by atoms with E-state index in [0.29, 0.717) is 0 Å². The summed E-state index contributed by atoms with van der Waals surface area (Å²) in [5, 5.41) is 3.53. The van der Waals surface area contributed by atoms with Crippen LogP contribution in [0.15, 0.2) is 11.7 Å². The summed E-state index contributed by atoms with van der Waals surface area (Å²) in [5.41, 5.74) is 1.92. The minimum atomic E-state index is 0.722. The molecule has 0 amide bonds. The van der Waals surface area contributed by atoms with Crippen LogP contribution >= 0.6 is 11.3 Å². The van der Waals surface area contributed by atoms with Crippen molar-refractivity contribution in [1.29, 1.82) is 0 Å². The van der Waals surface area contributed by atoms with Crippen molar-refractivity contribution in [3.05, 3.63) is 16.6 Å². The van der Waals surface area contributed by atoms with Gasteiger partial charge in [-0.3, -0.25) is 4.98 Å². The second-order valence-corrected chi connectivity index (χ2v) is 6.15. The minimum Gasteiger partial charge on any atom is -0.316 e. The Morgan fingerprint density at radius 1 is 1.19 bits per heavy atom. The summed E-state index contributed by atoms with van der Waals surface area (Å²) < 4.78 is 0. The molecule has 0 saturated carbocycles. The molecule has 0 aliphatic carbocycles. The molecule has 0 radical (unpaired) electrons. The van der Waals surface area contributed by atoms with Crippen molar-refractivity contribution < 1.29 is 0 Å². The number of aromatic nitrogens is 1. The zero-order valence-corrected chi connectivity index (χ0v) is 11.7. The minimum absolute atomic E-state index is 0.722. The van der Waals surface area contributed by atoms with Gasteiger partial charge in [0.05, 0.1) is 5.51 Å². The van der Waals surface area contributed by atoms with Crippen molar-refractivity contribution in [3.63, 3.8) is 0 Å². The normalized spacial score (nSPS) is 15.3. The number of thiazole rings is 1. The van der Waals surface area contributed by atoms with Crippen LogP contribution < -0.4 is 5.32 Å². The monoisotopic (exact) mass is 240 g/mol. The van der Waals surface area contributed by atoms with Gasteiger partial charge in [0.15, 0.2) is 0 Å². The highest BCUT2D eigenvalue weighted by molar-refractivity contribution is 7.09. The Hall–Kier alpha value is -0.410. The van der Waals surface area contributed by atoms with Crippen molar-refractivity contribution in [1.82, 2.24) is 10.3 Å². The Morgan fingerprint density at radius 3 is 2.50 bits per heavy atom. The van der Waals surface area contributed by atoms with E-state index in [1.807, 2.05) is 11.7 Å². The van der Waals surface area contributed by atoms with Crippen LogP contribution in [0.2, 0.25) is 0 Å². The molecule has 2 nitrogen and oxygen atoms in total. The molecule has 1 rings (SSSR count). The lowest BCUT2D eigenvalue weighted by Crippen LogP contribution is -2.28. The molecule has 3 heteroatoms. The number of nitrogens with zero attached hydrogens (tertiary/aromatic N) is 1. The van der Waals surface area contributed by atoms with Gasteiger partial charge in [0.1, 0.15) is 0 Å². The van der Waals surface area contributed by atoms with Crippen molar-refractivity contribution in [2.24, 2.45) is 17.8 Å². The predicted octanol–water partition coefficient (Wildman–Crippen LogP) is 3.20. The van der Waals surface area contributed by atoms with Crippen molar-refractivity contribution >= 4 is 11.3 Å². The highest BCUT2D eigenvalue weighted by Crippen LogP contribution is 2.18. The molecule has 0 aliphatic rings. The van der Waals surface area contributed by atoms with Crippen LogP contribution in [0.5, 0.6) is 0 Å². The SMILES string of the molecule is CC(C)CNCC(C)C(C)Cc1cncs1. The molecular formula is C13H24N2S. The first kappa shape index (κ1) is 13.7. The van der Waals surface area contributed by atoms with E-state index >= 15 is 0 Å². The van der Waals surface area contributed by atoms with Gasteiger partial charge < -0.3 is 5.32 Å². The van der Waals surface area contributed by atoms with Crippen molar-refractivity contribution in [2.45, 2.75) is 34.1 Å². The van der Waals surface area contributed by atoms with E-state index in [-0.39, 0.29) is 0 Å². The molecule has 0 saturated heterocycles. The second kappa shape index (κ2) is 7.02. The first-order valence-electron chi connectivity index (χ1n) is 6.17. The third-order valence-corrected chi connectivity index (χ3v) is 3.80. The fourth-order valence-corrected chi connectivity index (χ4v) is 2.40. The van der Waals surface area contributed by atoms with E-state index in [0.717, 1.165) is 37.3 Å². The average Bonchev–Trinajstić information content (AvgIpc) is 2.69. The highest BCUT2D eigenvalue weighted by Gasteiger charge is 2.13. The largest absolute Gasteiger partial charge is 0.316 e. The Labute approximate surface area is 103 Å². The van der Waals surface area contributed by atoms with Gasteiger partial charge in [-0.15, -0.1) is 11.3 Å². The molecule has 0 aliphatic heterocycles. The van der Waals surface area contributed by atoms with Gasteiger partial charge >= 0.3 is 0 Å². The van der Waals surface area contributed by atoms with Crippen LogP contribution in [0.25, 0.3) is 0 Å². The lowest BCUT2D eigenvalue weighted by Gasteiger charge is -2.20. The van der Waals surface area contributed by atoms with Crippen LogP contribution in [0, 0.1) is 17.8 Å². The molecule has 16 heavy (non-hydrogen) atoms. The molecular weight excluding hydrogens is 216 g/mol. The Bertz CT molecular complexity index is 269. The van der Waals surface area contributed by atoms with Crippen molar-refractivity contribution in [3.8, 4) is 0 Å². The molecule has 1 aromatic heterocycles. The van der Waals surface area contributed by atoms with E-state index in [1.165, 1.54) is 4.88 Å². The maximum absolute atomic E-state index is 4.12. The molecule has 1 aromatic rings. The predicted molar refractivity (Wildman–Crippen MR) is 71.9 cm³/mol. The summed E-state index contributed by atoms with van der Waals surface area (Å²) in [6.45, 7) is 11.4. The first-order chi connectivity index (χ1) is 7.59. The van der Waals surface area contributed by atoms with Crippen LogP contribution in [0.4, 0.5) is 0 Å². The second-order valence-electron chi connectivity index (χ2n) is 5.18. The topological polar surface area (TPSA) is 24.9 Å². The maximum Gasteiger partial charge on any atom is 0.0794 e. The molecule has 1 N–H and O–H groups in total. The van der Waals surface area contributed by atoms with E-state index in [1.54, 1.807) is 11.3 Å². The number of hydrogen-bond acceptors (Lipinski definition) is 3. The number of rotatable bonds is 7. The number of hydrogen-bond donors (Lipinski definition) is 1. The Balaban J connectivity index is 2.22. The fourth-order valence-electron chi connectivity index (χ4n) is 1.66. The molecule has 0 aromatic carbocycles. The average molecular weight is 240 g/mol. The quantitative estimate of drug-likeness (QED) is 0.791. The molecule has 0 spiro atoms. The van der Waals surface area contributed by atoms with Gasteiger partial charge in [-0.05, 0) is 37.3 Å².